The second kappa shape index (κ2) is 9.20. The molecule has 41 heavy (non-hydrogen) atoms. The van der Waals surface area contributed by atoms with Crippen molar-refractivity contribution in [2.45, 2.75) is 58.3 Å². The van der Waals surface area contributed by atoms with Gasteiger partial charge in [-0.2, -0.15) is 0 Å². The highest BCUT2D eigenvalue weighted by atomic mass is 16.4. The maximum atomic E-state index is 14.2. The minimum absolute atomic E-state index is 0.0386. The van der Waals surface area contributed by atoms with Crippen LogP contribution in [0.5, 0.6) is 5.75 Å². The molecule has 0 spiro atoms. The van der Waals surface area contributed by atoms with Crippen molar-refractivity contribution >= 4 is 23.4 Å². The van der Waals surface area contributed by atoms with Gasteiger partial charge in [0.1, 0.15) is 17.8 Å². The van der Waals surface area contributed by atoms with E-state index in [4.69, 9.17) is 11.5 Å². The fraction of sp³-hybridized carbons (Fsp3) is 0.484. The number of hydrogen-bond donors (Lipinski definition) is 6. The zero-order chi connectivity index (χ0) is 30.4. The summed E-state index contributed by atoms with van der Waals surface area (Å²) in [6.07, 6.45) is -3.24. The van der Waals surface area contributed by atoms with E-state index < -0.39 is 69.8 Å². The second-order valence-corrected chi connectivity index (χ2v) is 12.9. The van der Waals surface area contributed by atoms with Crippen LogP contribution in [0.1, 0.15) is 60.4 Å². The molecular weight excluding hydrogens is 528 g/mol. The summed E-state index contributed by atoms with van der Waals surface area (Å²) in [5, 5.41) is 46.2. The molecule has 3 aliphatic rings. The van der Waals surface area contributed by atoms with Crippen LogP contribution in [0.2, 0.25) is 0 Å². The topological polar surface area (TPSA) is 201 Å². The van der Waals surface area contributed by atoms with Crippen molar-refractivity contribution in [3.8, 4) is 16.9 Å². The van der Waals surface area contributed by atoms with E-state index in [1.54, 1.807) is 58.0 Å². The van der Waals surface area contributed by atoms with Crippen molar-refractivity contribution in [2.24, 2.45) is 46.0 Å². The van der Waals surface area contributed by atoms with Gasteiger partial charge in [-0.1, -0.05) is 45.9 Å². The number of carbonyl (C=O) groups excluding carboxylic acids is 4. The molecule has 10 heteroatoms. The monoisotopic (exact) mass is 564 g/mol. The Balaban J connectivity index is 1.73. The van der Waals surface area contributed by atoms with Crippen LogP contribution >= 0.6 is 0 Å². The first-order valence-corrected chi connectivity index (χ1v) is 13.7. The van der Waals surface area contributed by atoms with E-state index in [0.717, 1.165) is 0 Å². The fourth-order valence-corrected chi connectivity index (χ4v) is 8.64. The molecule has 0 bridgehead atoms. The lowest BCUT2D eigenvalue weighted by atomic mass is 9.39. The third-order valence-electron chi connectivity index (χ3n) is 10.1. The Labute approximate surface area is 237 Å². The highest BCUT2D eigenvalue weighted by molar-refractivity contribution is 6.09. The first-order valence-electron chi connectivity index (χ1n) is 13.7. The summed E-state index contributed by atoms with van der Waals surface area (Å²) in [6, 6.07) is 9.57. The number of aliphatic hydroxyl groups is 3. The van der Waals surface area contributed by atoms with Gasteiger partial charge in [0.15, 0.2) is 17.2 Å². The van der Waals surface area contributed by atoms with Gasteiger partial charge in [0, 0.05) is 11.0 Å². The van der Waals surface area contributed by atoms with Gasteiger partial charge >= 0.3 is 0 Å². The number of amides is 2. The van der Waals surface area contributed by atoms with E-state index in [-0.39, 0.29) is 35.6 Å². The maximum Gasteiger partial charge on any atom is 0.248 e. The maximum absolute atomic E-state index is 14.2. The summed E-state index contributed by atoms with van der Waals surface area (Å²) >= 11 is 0. The molecular formula is C31H36N2O8. The van der Waals surface area contributed by atoms with Crippen molar-refractivity contribution in [2.75, 3.05) is 0 Å². The van der Waals surface area contributed by atoms with Crippen molar-refractivity contribution in [1.82, 2.24) is 0 Å². The third-order valence-corrected chi connectivity index (χ3v) is 10.1. The van der Waals surface area contributed by atoms with E-state index in [0.29, 0.717) is 16.7 Å². The highest BCUT2D eigenvalue weighted by Crippen LogP contribution is 2.66. The zero-order valence-corrected chi connectivity index (χ0v) is 23.4. The molecule has 2 amide bonds. The number of aromatic hydroxyl groups is 1. The van der Waals surface area contributed by atoms with E-state index >= 15 is 0 Å². The molecule has 0 heterocycles. The molecule has 218 valence electrons. The molecule has 10 nitrogen and oxygen atoms in total. The minimum atomic E-state index is -2.57. The predicted molar refractivity (Wildman–Crippen MR) is 147 cm³/mol. The van der Waals surface area contributed by atoms with Gasteiger partial charge in [-0.25, -0.2) is 0 Å². The Morgan fingerprint density at radius 2 is 1.71 bits per heavy atom. The molecule has 0 radical (unpaired) electrons. The Morgan fingerprint density at radius 1 is 1.05 bits per heavy atom. The minimum Gasteiger partial charge on any atom is -0.507 e. The molecule has 3 aliphatic carbocycles. The molecule has 2 saturated carbocycles. The van der Waals surface area contributed by atoms with Crippen LogP contribution in [0.25, 0.3) is 11.1 Å². The van der Waals surface area contributed by atoms with Crippen molar-refractivity contribution in [1.29, 1.82) is 0 Å². The van der Waals surface area contributed by atoms with Crippen LogP contribution in [-0.4, -0.2) is 61.6 Å². The second-order valence-electron chi connectivity index (χ2n) is 12.9. The average Bonchev–Trinajstić information content (AvgIpc) is 2.86. The first-order chi connectivity index (χ1) is 19.0. The summed E-state index contributed by atoms with van der Waals surface area (Å²) in [6.45, 7) is 6.98. The number of nitrogens with two attached hydrogens (primary N) is 2. The quantitative estimate of drug-likeness (QED) is 0.299. The lowest BCUT2D eigenvalue weighted by Crippen LogP contribution is -2.79. The molecule has 2 aromatic rings. The van der Waals surface area contributed by atoms with Crippen molar-refractivity contribution in [3.63, 3.8) is 0 Å². The van der Waals surface area contributed by atoms with Gasteiger partial charge in [-0.05, 0) is 65.0 Å². The molecule has 2 fully saturated rings. The number of rotatable bonds is 4. The summed E-state index contributed by atoms with van der Waals surface area (Å²) in [5.41, 5.74) is 7.83. The molecule has 0 aliphatic heterocycles. The number of Topliss-reactive ketones (excluding diaryl/α,β-unsaturated/α-hetero) is 2. The Kier molecular flexibility index (Phi) is 6.49. The largest absolute Gasteiger partial charge is 0.507 e. The first kappa shape index (κ1) is 28.9. The SMILES string of the molecule is CC(C)[C@H]1C(O)[C@@H](C(N)=O)C(=O)[C@]2(O)C(O)[C@H]3C(=O)c4c(O)ccc(-c5cccc(C(N)=O)c5)c4C[C@]3(C)C[C@]12C. The van der Waals surface area contributed by atoms with Gasteiger partial charge in [-0.15, -0.1) is 0 Å². The Hall–Kier alpha value is -3.60. The van der Waals surface area contributed by atoms with Gasteiger partial charge < -0.3 is 31.9 Å². The van der Waals surface area contributed by atoms with E-state index in [9.17, 15) is 39.6 Å². The highest BCUT2D eigenvalue weighted by Gasteiger charge is 2.75. The van der Waals surface area contributed by atoms with Crippen LogP contribution in [0.3, 0.4) is 0 Å². The van der Waals surface area contributed by atoms with Gasteiger partial charge in [0.25, 0.3) is 0 Å². The fourth-order valence-electron chi connectivity index (χ4n) is 8.64. The van der Waals surface area contributed by atoms with Crippen molar-refractivity contribution in [3.05, 3.63) is 53.1 Å². The summed E-state index contributed by atoms with van der Waals surface area (Å²) in [7, 11) is 0. The number of aliphatic hydroxyl groups excluding tert-OH is 2. The van der Waals surface area contributed by atoms with Gasteiger partial charge in [0.2, 0.25) is 11.8 Å². The van der Waals surface area contributed by atoms with Crippen LogP contribution in [0.4, 0.5) is 0 Å². The molecule has 8 N–H and O–H groups in total. The normalized spacial score (nSPS) is 36.3. The molecule has 8 atom stereocenters. The van der Waals surface area contributed by atoms with Gasteiger partial charge in [0.05, 0.1) is 17.6 Å². The lowest BCUT2D eigenvalue weighted by Gasteiger charge is -2.66. The van der Waals surface area contributed by atoms with Crippen LogP contribution in [0.15, 0.2) is 36.4 Å². The average molecular weight is 565 g/mol. The molecule has 0 saturated heterocycles. The lowest BCUT2D eigenvalue weighted by molar-refractivity contribution is -0.265. The molecule has 2 aromatic carbocycles. The number of hydrogen-bond acceptors (Lipinski definition) is 8. The number of phenolic OH excluding ortho intramolecular Hbond substituents is 1. The Bertz CT molecular complexity index is 1500. The summed E-state index contributed by atoms with van der Waals surface area (Å²) in [5.74, 6) is -8.08. The predicted octanol–water partition coefficient (Wildman–Crippen LogP) is 1.34. The summed E-state index contributed by atoms with van der Waals surface area (Å²) in [4.78, 5) is 52.2. The Morgan fingerprint density at radius 3 is 2.29 bits per heavy atom. The van der Waals surface area contributed by atoms with Crippen LogP contribution < -0.4 is 11.5 Å². The molecule has 2 unspecified atom stereocenters. The zero-order valence-electron chi connectivity index (χ0n) is 23.4. The van der Waals surface area contributed by atoms with E-state index in [2.05, 4.69) is 0 Å². The number of fused-ring (bicyclic) bond motifs is 3. The van der Waals surface area contributed by atoms with Gasteiger partial charge in [-0.3, -0.25) is 19.2 Å². The number of carbonyl (C=O) groups is 4. The van der Waals surface area contributed by atoms with Crippen molar-refractivity contribution < 1.29 is 39.6 Å². The number of primary amides is 2. The number of ketones is 2. The third kappa shape index (κ3) is 3.73. The molecule has 5 rings (SSSR count). The number of phenols is 1. The van der Waals surface area contributed by atoms with Crippen LogP contribution in [-0.2, 0) is 16.0 Å². The van der Waals surface area contributed by atoms with E-state index in [1.807, 2.05) is 0 Å². The number of benzene rings is 2. The summed E-state index contributed by atoms with van der Waals surface area (Å²) < 4.78 is 0. The standard InChI is InChI=1S/C31H36N2O8/c1-13(2)21-24(36)20(28(33)40)25(37)31(41)26(38)22-23(35)19-17(11-29(22,3)12-30(21,31)4)16(8-9-18(19)34)14-6-5-7-15(10-14)27(32)39/h5-10,13,20-22,24,26,34,36,38,41H,11-12H2,1-4H3,(H2,32,39)(H2,33,40)/t20-,21+,22-,24?,26?,29-,30-,31+/m1/s1. The molecule has 0 aromatic heterocycles. The van der Waals surface area contributed by atoms with Crippen LogP contribution in [0, 0.1) is 34.5 Å². The smallest absolute Gasteiger partial charge is 0.248 e. The van der Waals surface area contributed by atoms with E-state index in [1.165, 1.54) is 6.07 Å².